The number of amides is 1. The minimum Gasteiger partial charge on any atom is -0.489 e. The average molecular weight is 494 g/mol. The van der Waals surface area contributed by atoms with Gasteiger partial charge in [0.2, 0.25) is 5.91 Å². The molecule has 0 heterocycles. The minimum atomic E-state index is -1.11. The number of carbonyl (C=O) groups is 3. The highest BCUT2D eigenvalue weighted by Crippen LogP contribution is 2.24. The van der Waals surface area contributed by atoms with E-state index in [2.05, 4.69) is 12.6 Å². The molecule has 3 rings (SSSR count). The number of carbonyl (C=O) groups excluding carboxylic acids is 1. The van der Waals surface area contributed by atoms with E-state index in [1.807, 2.05) is 30.3 Å². The van der Waals surface area contributed by atoms with Gasteiger partial charge >= 0.3 is 11.9 Å². The molecule has 3 aromatic carbocycles. The second-order valence-electron chi connectivity index (χ2n) is 8.01. The van der Waals surface area contributed by atoms with E-state index in [1.54, 1.807) is 36.4 Å². The minimum absolute atomic E-state index is 0.199. The highest BCUT2D eigenvalue weighted by atomic mass is 32.1. The maximum absolute atomic E-state index is 13.2. The third-order valence-corrected chi connectivity index (χ3v) is 5.95. The lowest BCUT2D eigenvalue weighted by atomic mass is 9.99. The van der Waals surface area contributed by atoms with E-state index >= 15 is 0 Å². The lowest BCUT2D eigenvalue weighted by Gasteiger charge is -2.26. The van der Waals surface area contributed by atoms with Crippen LogP contribution in [0.3, 0.4) is 0 Å². The van der Waals surface area contributed by atoms with E-state index in [0.29, 0.717) is 30.0 Å². The molecule has 0 radical (unpaired) electrons. The number of hydrogen-bond acceptors (Lipinski definition) is 5. The predicted molar refractivity (Wildman–Crippen MR) is 136 cm³/mol. The molecule has 0 spiro atoms. The Hall–Kier alpha value is -3.78. The van der Waals surface area contributed by atoms with E-state index in [4.69, 9.17) is 9.84 Å². The fourth-order valence-electron chi connectivity index (χ4n) is 3.56. The number of hydrogen-bond donors (Lipinski definition) is 3. The number of benzene rings is 3. The molecule has 182 valence electrons. The summed E-state index contributed by atoms with van der Waals surface area (Å²) >= 11 is 4.35. The predicted octanol–water partition coefficient (Wildman–Crippen LogP) is 4.56. The molecular formula is C27H27NO6S. The summed E-state index contributed by atoms with van der Waals surface area (Å²) in [4.78, 5) is 37.0. The molecule has 0 saturated heterocycles. The smallest absolute Gasteiger partial charge is 0.335 e. The first-order valence-electron chi connectivity index (χ1n) is 11.1. The van der Waals surface area contributed by atoms with Crippen LogP contribution in [0.25, 0.3) is 0 Å². The molecule has 8 heteroatoms. The highest BCUT2D eigenvalue weighted by Gasteiger charge is 2.26. The zero-order valence-electron chi connectivity index (χ0n) is 19.0. The van der Waals surface area contributed by atoms with E-state index in [-0.39, 0.29) is 18.1 Å². The van der Waals surface area contributed by atoms with Crippen LogP contribution in [-0.4, -0.2) is 40.4 Å². The number of nitrogens with zero attached hydrogens (tertiary/aromatic N) is 1. The molecular weight excluding hydrogens is 466 g/mol. The number of rotatable bonds is 12. The monoisotopic (exact) mass is 493 g/mol. The maximum Gasteiger partial charge on any atom is 0.335 e. The second kappa shape index (κ2) is 12.6. The molecule has 3 aromatic rings. The van der Waals surface area contributed by atoms with Gasteiger partial charge in [-0.25, -0.2) is 4.79 Å². The summed E-state index contributed by atoms with van der Waals surface area (Å²) in [5, 5.41) is 18.4. The number of carboxylic acids is 2. The molecule has 0 aromatic heterocycles. The van der Waals surface area contributed by atoms with Crippen LogP contribution in [0.5, 0.6) is 5.75 Å². The van der Waals surface area contributed by atoms with Gasteiger partial charge in [0.25, 0.3) is 0 Å². The van der Waals surface area contributed by atoms with Crippen LogP contribution in [0.4, 0.5) is 5.69 Å². The quantitative estimate of drug-likeness (QED) is 0.320. The van der Waals surface area contributed by atoms with Crippen molar-refractivity contribution in [3.05, 3.63) is 95.6 Å². The van der Waals surface area contributed by atoms with E-state index in [1.165, 1.54) is 17.0 Å². The van der Waals surface area contributed by atoms with Crippen LogP contribution >= 0.6 is 12.6 Å². The topological polar surface area (TPSA) is 104 Å². The molecule has 2 N–H and O–H groups in total. The SMILES string of the molecule is O=C(O)CN(C(=O)C(CS)CCc1ccccc1)c1ccc(OCc2ccc(C(=O)O)cc2)cc1. The highest BCUT2D eigenvalue weighted by molar-refractivity contribution is 7.80. The summed E-state index contributed by atoms with van der Waals surface area (Å²) in [7, 11) is 0. The summed E-state index contributed by atoms with van der Waals surface area (Å²) in [5.41, 5.74) is 2.57. The molecule has 1 unspecified atom stereocenters. The number of thiol groups is 1. The van der Waals surface area contributed by atoms with E-state index in [9.17, 15) is 19.5 Å². The fraction of sp³-hybridized carbons (Fsp3) is 0.222. The molecule has 0 aliphatic heterocycles. The third kappa shape index (κ3) is 7.61. The van der Waals surface area contributed by atoms with Gasteiger partial charge in [0.15, 0.2) is 0 Å². The lowest BCUT2D eigenvalue weighted by molar-refractivity contribution is -0.137. The van der Waals surface area contributed by atoms with Crippen molar-refractivity contribution in [2.24, 2.45) is 5.92 Å². The van der Waals surface area contributed by atoms with Gasteiger partial charge in [-0.05, 0) is 60.4 Å². The van der Waals surface area contributed by atoms with E-state index < -0.39 is 24.4 Å². The Balaban J connectivity index is 1.66. The standard InChI is InChI=1S/C27H27NO6S/c29-25(30)16-28(26(31)22(18-35)11-6-19-4-2-1-3-5-19)23-12-14-24(15-13-23)34-17-20-7-9-21(10-8-20)27(32)33/h1-5,7-10,12-15,22,35H,6,11,16-18H2,(H,29,30)(H,32,33). The Bertz CT molecular complexity index is 1130. The fourth-order valence-corrected chi connectivity index (χ4v) is 3.90. The van der Waals surface area contributed by atoms with Crippen LogP contribution in [0.15, 0.2) is 78.9 Å². The van der Waals surface area contributed by atoms with Gasteiger partial charge in [0.1, 0.15) is 18.9 Å². The normalized spacial score (nSPS) is 11.5. The molecule has 1 amide bonds. The number of aromatic carboxylic acids is 1. The van der Waals surface area contributed by atoms with Gasteiger partial charge in [0, 0.05) is 17.4 Å². The molecule has 1 atom stereocenters. The van der Waals surface area contributed by atoms with Gasteiger partial charge in [-0.2, -0.15) is 12.6 Å². The van der Waals surface area contributed by atoms with Crippen molar-refractivity contribution >= 4 is 36.2 Å². The molecule has 7 nitrogen and oxygen atoms in total. The summed E-state index contributed by atoms with van der Waals surface area (Å²) in [6.45, 7) is -0.219. The maximum atomic E-state index is 13.2. The van der Waals surface area contributed by atoms with Crippen molar-refractivity contribution in [2.75, 3.05) is 17.2 Å². The lowest BCUT2D eigenvalue weighted by Crippen LogP contribution is -2.40. The van der Waals surface area contributed by atoms with Crippen molar-refractivity contribution in [2.45, 2.75) is 19.4 Å². The van der Waals surface area contributed by atoms with Gasteiger partial charge in [-0.3, -0.25) is 9.59 Å². The van der Waals surface area contributed by atoms with Crippen LogP contribution in [0.1, 0.15) is 27.9 Å². The second-order valence-corrected chi connectivity index (χ2v) is 8.37. The number of anilines is 1. The zero-order valence-corrected chi connectivity index (χ0v) is 19.9. The molecule has 0 aliphatic rings. The molecule has 0 saturated carbocycles. The Morgan fingerprint density at radius 1 is 0.857 bits per heavy atom. The van der Waals surface area contributed by atoms with E-state index in [0.717, 1.165) is 11.1 Å². The summed E-state index contributed by atoms with van der Waals surface area (Å²) in [6.07, 6.45) is 1.25. The van der Waals surface area contributed by atoms with Crippen LogP contribution in [-0.2, 0) is 22.6 Å². The molecule has 0 aliphatic carbocycles. The first-order chi connectivity index (χ1) is 16.9. The van der Waals surface area contributed by atoms with Gasteiger partial charge in [-0.1, -0.05) is 42.5 Å². The first kappa shape index (κ1) is 25.8. The largest absolute Gasteiger partial charge is 0.489 e. The zero-order chi connectivity index (χ0) is 25.2. The Kier molecular flexibility index (Phi) is 9.31. The molecule has 35 heavy (non-hydrogen) atoms. The third-order valence-electron chi connectivity index (χ3n) is 5.51. The van der Waals surface area contributed by atoms with Crippen molar-refractivity contribution in [1.29, 1.82) is 0 Å². The van der Waals surface area contributed by atoms with Crippen LogP contribution < -0.4 is 9.64 Å². The number of aliphatic carboxylic acids is 1. The van der Waals surface area contributed by atoms with Crippen molar-refractivity contribution < 1.29 is 29.3 Å². The number of aryl methyl sites for hydroxylation is 1. The summed E-state index contributed by atoms with van der Waals surface area (Å²) in [5.74, 6) is -1.97. The number of carboxylic acid groups (broad SMARTS) is 2. The van der Waals surface area contributed by atoms with Crippen molar-refractivity contribution in [1.82, 2.24) is 0 Å². The summed E-state index contributed by atoms with van der Waals surface area (Å²) in [6, 6.07) is 22.8. The number of ether oxygens (including phenoxy) is 1. The Morgan fingerprint density at radius 2 is 1.51 bits per heavy atom. The van der Waals surface area contributed by atoms with Gasteiger partial charge < -0.3 is 19.8 Å². The summed E-state index contributed by atoms with van der Waals surface area (Å²) < 4.78 is 5.75. The Labute approximate surface area is 209 Å². The first-order valence-corrected chi connectivity index (χ1v) is 11.7. The molecule has 0 fully saturated rings. The van der Waals surface area contributed by atoms with Crippen molar-refractivity contribution in [3.63, 3.8) is 0 Å². The molecule has 0 bridgehead atoms. The Morgan fingerprint density at radius 3 is 2.09 bits per heavy atom. The van der Waals surface area contributed by atoms with Gasteiger partial charge in [0.05, 0.1) is 5.56 Å². The van der Waals surface area contributed by atoms with Crippen LogP contribution in [0.2, 0.25) is 0 Å². The van der Waals surface area contributed by atoms with Gasteiger partial charge in [-0.15, -0.1) is 0 Å². The van der Waals surface area contributed by atoms with Crippen molar-refractivity contribution in [3.8, 4) is 5.75 Å². The van der Waals surface area contributed by atoms with Crippen LogP contribution in [0, 0.1) is 5.92 Å². The average Bonchev–Trinajstić information content (AvgIpc) is 2.87.